The fourth-order valence-electron chi connectivity index (χ4n) is 4.14. The molecule has 0 spiro atoms. The van der Waals surface area contributed by atoms with Gasteiger partial charge in [-0.2, -0.15) is 0 Å². The zero-order valence-corrected chi connectivity index (χ0v) is 19.8. The zero-order chi connectivity index (χ0) is 22.2. The third-order valence-corrected chi connectivity index (χ3v) is 6.05. The molecule has 3 aromatic heterocycles. The summed E-state index contributed by atoms with van der Waals surface area (Å²) in [5.74, 6) is 0.127. The molecule has 0 radical (unpaired) electrons. The topological polar surface area (TPSA) is 128 Å². The highest BCUT2D eigenvalue weighted by Gasteiger charge is 2.47. The Kier molecular flexibility index (Phi) is 7.89. The van der Waals surface area contributed by atoms with Crippen molar-refractivity contribution >= 4 is 30.0 Å². The Morgan fingerprint density at radius 2 is 1.85 bits per heavy atom. The summed E-state index contributed by atoms with van der Waals surface area (Å²) in [7, 11) is 0. The van der Waals surface area contributed by atoms with Gasteiger partial charge in [-0.3, -0.25) is 19.6 Å². The van der Waals surface area contributed by atoms with Crippen LogP contribution in [0.25, 0.3) is 0 Å². The molecule has 2 atom stereocenters. The third-order valence-electron chi connectivity index (χ3n) is 6.05. The minimum absolute atomic E-state index is 0. The van der Waals surface area contributed by atoms with Crippen LogP contribution >= 0.6 is 12.4 Å². The molecule has 0 aromatic carbocycles. The average Bonchev–Trinajstić information content (AvgIpc) is 3.02. The Labute approximate surface area is 199 Å². The van der Waals surface area contributed by atoms with Gasteiger partial charge in [0.15, 0.2) is 0 Å². The largest absolute Gasteiger partial charge is 0.412 e. The van der Waals surface area contributed by atoms with Crippen LogP contribution in [0, 0.1) is 13.8 Å². The predicted octanol–water partition coefficient (Wildman–Crippen LogP) is 3.03. The van der Waals surface area contributed by atoms with Crippen molar-refractivity contribution in [3.63, 3.8) is 0 Å². The van der Waals surface area contributed by atoms with E-state index in [0.29, 0.717) is 18.1 Å². The lowest BCUT2D eigenvalue weighted by atomic mass is 9.71. The number of anilines is 1. The van der Waals surface area contributed by atoms with E-state index in [1.54, 1.807) is 18.5 Å². The quantitative estimate of drug-likeness (QED) is 0.593. The van der Waals surface area contributed by atoms with Gasteiger partial charge in [0, 0.05) is 41.8 Å². The van der Waals surface area contributed by atoms with Gasteiger partial charge in [0.1, 0.15) is 11.5 Å². The first-order chi connectivity index (χ1) is 14.8. The van der Waals surface area contributed by atoms with E-state index in [2.05, 4.69) is 25.6 Å². The molecular formula is C24H28ClN5O3. The summed E-state index contributed by atoms with van der Waals surface area (Å²) in [6, 6.07) is 11.2. The van der Waals surface area contributed by atoms with Crippen molar-refractivity contribution in [2.45, 2.75) is 45.6 Å². The van der Waals surface area contributed by atoms with Crippen molar-refractivity contribution in [3.05, 3.63) is 82.6 Å². The van der Waals surface area contributed by atoms with Gasteiger partial charge in [0.2, 0.25) is 5.91 Å². The lowest BCUT2D eigenvalue weighted by Crippen LogP contribution is -2.36. The van der Waals surface area contributed by atoms with Gasteiger partial charge in [-0.05, 0) is 56.2 Å². The number of nitrogens with zero attached hydrogens (tertiary/aromatic N) is 3. The van der Waals surface area contributed by atoms with Crippen LogP contribution in [0.15, 0.2) is 48.8 Å². The highest BCUT2D eigenvalue weighted by Crippen LogP contribution is 2.45. The molecular weight excluding hydrogens is 442 g/mol. The van der Waals surface area contributed by atoms with Gasteiger partial charge in [-0.15, -0.1) is 12.4 Å². The van der Waals surface area contributed by atoms with Gasteiger partial charge < -0.3 is 16.1 Å². The maximum Gasteiger partial charge on any atom is 0.270 e. The number of amides is 2. The van der Waals surface area contributed by atoms with Crippen molar-refractivity contribution in [2.75, 3.05) is 5.32 Å². The lowest BCUT2D eigenvalue weighted by molar-refractivity contribution is -0.120. The highest BCUT2D eigenvalue weighted by molar-refractivity contribution is 6.05. The second-order valence-electron chi connectivity index (χ2n) is 8.20. The molecule has 0 saturated carbocycles. The van der Waals surface area contributed by atoms with Crippen LogP contribution in [0.4, 0.5) is 5.82 Å². The van der Waals surface area contributed by atoms with E-state index < -0.39 is 5.41 Å². The van der Waals surface area contributed by atoms with Crippen molar-refractivity contribution in [3.8, 4) is 0 Å². The van der Waals surface area contributed by atoms with E-state index in [9.17, 15) is 9.59 Å². The standard InChI is InChI=1S/C24H25N5O2.ClH.H2O/c1-14-10-17(11-15(2)28-14)12-27-22(30)20-8-7-18(13-26-20)16(3)24(4)19-6-5-9-25-21(19)29-23(24)31;;/h5-11,13,16H,12H2,1-4H3,(H,27,30)(H,25,29,31);1H;1H2/t16-,24-;;/m1../s1. The van der Waals surface area contributed by atoms with Gasteiger partial charge in [-0.1, -0.05) is 19.1 Å². The van der Waals surface area contributed by atoms with Crippen molar-refractivity contribution < 1.29 is 15.1 Å². The number of hydrogen-bond donors (Lipinski definition) is 2. The lowest BCUT2D eigenvalue weighted by Gasteiger charge is -2.29. The van der Waals surface area contributed by atoms with Crippen molar-refractivity contribution in [1.82, 2.24) is 20.3 Å². The smallest absolute Gasteiger partial charge is 0.270 e. The van der Waals surface area contributed by atoms with E-state index in [1.807, 2.05) is 58.0 Å². The molecule has 0 bridgehead atoms. The first-order valence-corrected chi connectivity index (χ1v) is 10.2. The number of aryl methyl sites for hydroxylation is 2. The van der Waals surface area contributed by atoms with E-state index in [-0.39, 0.29) is 35.6 Å². The van der Waals surface area contributed by atoms with Crippen LogP contribution in [0.2, 0.25) is 0 Å². The maximum atomic E-state index is 12.8. The Hall–Kier alpha value is -3.36. The molecule has 0 saturated heterocycles. The third kappa shape index (κ3) is 4.86. The molecule has 1 aliphatic heterocycles. The number of hydrogen-bond acceptors (Lipinski definition) is 5. The predicted molar refractivity (Wildman–Crippen MR) is 129 cm³/mol. The van der Waals surface area contributed by atoms with Crippen LogP contribution in [-0.2, 0) is 16.8 Å². The molecule has 0 unspecified atom stereocenters. The van der Waals surface area contributed by atoms with Crippen LogP contribution in [0.3, 0.4) is 0 Å². The fraction of sp³-hybridized carbons (Fsp3) is 0.292. The van der Waals surface area contributed by atoms with Gasteiger partial charge in [0.05, 0.1) is 5.41 Å². The van der Waals surface area contributed by atoms with Gasteiger partial charge in [-0.25, -0.2) is 4.98 Å². The Balaban J connectivity index is 0.00000193. The summed E-state index contributed by atoms with van der Waals surface area (Å²) >= 11 is 0. The number of nitrogens with one attached hydrogen (secondary N) is 2. The van der Waals surface area contributed by atoms with Crippen molar-refractivity contribution in [2.24, 2.45) is 0 Å². The van der Waals surface area contributed by atoms with E-state index in [4.69, 9.17) is 0 Å². The van der Waals surface area contributed by atoms with Gasteiger partial charge in [0.25, 0.3) is 5.91 Å². The number of aromatic nitrogens is 3. The SMILES string of the molecule is Cc1cc(CNC(=O)c2ccc([C@@H](C)[C@@]3(C)C(=O)Nc4ncccc43)cn2)cc(C)n1.Cl.O. The normalized spacial score (nSPS) is 17.2. The monoisotopic (exact) mass is 469 g/mol. The van der Waals surface area contributed by atoms with Gasteiger partial charge >= 0.3 is 0 Å². The minimum Gasteiger partial charge on any atom is -0.412 e. The van der Waals surface area contributed by atoms with Crippen LogP contribution in [0.5, 0.6) is 0 Å². The first kappa shape index (κ1) is 25.9. The van der Waals surface area contributed by atoms with Crippen LogP contribution in [-0.4, -0.2) is 32.2 Å². The first-order valence-electron chi connectivity index (χ1n) is 10.2. The van der Waals surface area contributed by atoms with E-state index in [1.165, 1.54) is 0 Å². The maximum absolute atomic E-state index is 12.8. The number of carbonyl (C=O) groups is 2. The number of fused-ring (bicyclic) bond motifs is 1. The molecule has 174 valence electrons. The summed E-state index contributed by atoms with van der Waals surface area (Å²) in [6.07, 6.45) is 3.34. The number of pyridine rings is 3. The minimum atomic E-state index is -0.758. The Bertz CT molecular complexity index is 1150. The van der Waals surface area contributed by atoms with Crippen molar-refractivity contribution in [1.29, 1.82) is 0 Å². The molecule has 4 rings (SSSR count). The molecule has 2 amide bonds. The highest BCUT2D eigenvalue weighted by atomic mass is 35.5. The van der Waals surface area contributed by atoms with Crippen LogP contribution < -0.4 is 10.6 Å². The van der Waals surface area contributed by atoms with E-state index >= 15 is 0 Å². The molecule has 33 heavy (non-hydrogen) atoms. The van der Waals surface area contributed by atoms with Crippen LogP contribution in [0.1, 0.15) is 58.3 Å². The number of halogens is 1. The van der Waals surface area contributed by atoms with E-state index in [0.717, 1.165) is 28.1 Å². The summed E-state index contributed by atoms with van der Waals surface area (Å²) < 4.78 is 0. The summed E-state index contributed by atoms with van der Waals surface area (Å²) in [5, 5.41) is 5.77. The summed E-state index contributed by atoms with van der Waals surface area (Å²) in [6.45, 7) is 8.18. The number of carbonyl (C=O) groups excluding carboxylic acids is 2. The molecule has 3 aromatic rings. The summed E-state index contributed by atoms with van der Waals surface area (Å²) in [5.41, 5.74) is 4.16. The second-order valence-corrected chi connectivity index (χ2v) is 8.20. The number of rotatable bonds is 5. The molecule has 0 aliphatic carbocycles. The molecule has 4 heterocycles. The molecule has 0 fully saturated rings. The Morgan fingerprint density at radius 3 is 2.48 bits per heavy atom. The summed E-state index contributed by atoms with van der Waals surface area (Å²) in [4.78, 5) is 38.3. The zero-order valence-electron chi connectivity index (χ0n) is 19.0. The fourth-order valence-corrected chi connectivity index (χ4v) is 4.14. The molecule has 1 aliphatic rings. The second kappa shape index (κ2) is 10.1. The Morgan fingerprint density at radius 1 is 1.15 bits per heavy atom. The molecule has 8 nitrogen and oxygen atoms in total. The molecule has 9 heteroatoms. The molecule has 4 N–H and O–H groups in total. The average molecular weight is 470 g/mol.